The molecule has 1 amide bonds. The second kappa shape index (κ2) is 7.56. The van der Waals surface area contributed by atoms with Crippen LogP contribution in [0.5, 0.6) is 0 Å². The molecule has 1 fully saturated rings. The molecule has 21 heavy (non-hydrogen) atoms. The van der Waals surface area contributed by atoms with Crippen molar-refractivity contribution < 1.29 is 9.53 Å². The summed E-state index contributed by atoms with van der Waals surface area (Å²) in [4.78, 5) is 14.4. The third-order valence-corrected chi connectivity index (χ3v) is 4.03. The predicted octanol–water partition coefficient (Wildman–Crippen LogP) is 1.36. The van der Waals surface area contributed by atoms with E-state index in [9.17, 15) is 4.79 Å². The van der Waals surface area contributed by atoms with Crippen molar-refractivity contribution in [2.75, 3.05) is 19.6 Å². The number of hydrogen-bond acceptors (Lipinski definition) is 4. The molecule has 0 saturated carbocycles. The van der Waals surface area contributed by atoms with E-state index in [4.69, 9.17) is 10.5 Å². The number of carbonyl (C=O) groups is 1. The minimum Gasteiger partial charge on any atom is -0.373 e. The molecule has 3 atom stereocenters. The lowest BCUT2D eigenvalue weighted by Crippen LogP contribution is -2.59. The van der Waals surface area contributed by atoms with Crippen LogP contribution in [-0.4, -0.2) is 54.2 Å². The fraction of sp³-hybridized carbons (Fsp3) is 0.938. The van der Waals surface area contributed by atoms with Crippen LogP contribution < -0.4 is 11.1 Å². The lowest BCUT2D eigenvalue weighted by molar-refractivity contribution is -0.124. The van der Waals surface area contributed by atoms with Crippen molar-refractivity contribution in [3.05, 3.63) is 0 Å². The van der Waals surface area contributed by atoms with Crippen molar-refractivity contribution in [2.45, 2.75) is 71.8 Å². The van der Waals surface area contributed by atoms with Gasteiger partial charge in [0.25, 0.3) is 0 Å². The van der Waals surface area contributed by atoms with Gasteiger partial charge in [0.15, 0.2) is 0 Å². The molecule has 5 nitrogen and oxygen atoms in total. The SMILES string of the molecule is CC(C)C[C@H](N)C(=O)NCC(C)(C)N1CC(C)OC(C)C1. The molecule has 5 heteroatoms. The molecule has 0 aromatic rings. The molecule has 1 rings (SSSR count). The topological polar surface area (TPSA) is 67.6 Å². The monoisotopic (exact) mass is 299 g/mol. The van der Waals surface area contributed by atoms with Crippen LogP contribution in [0, 0.1) is 5.92 Å². The molecule has 2 unspecified atom stereocenters. The van der Waals surface area contributed by atoms with E-state index in [0.29, 0.717) is 12.5 Å². The molecule has 1 aliphatic rings. The van der Waals surface area contributed by atoms with Gasteiger partial charge in [-0.25, -0.2) is 0 Å². The first-order valence-electron chi connectivity index (χ1n) is 8.05. The Morgan fingerprint density at radius 2 is 1.86 bits per heavy atom. The molecule has 3 N–H and O–H groups in total. The van der Waals surface area contributed by atoms with Crippen molar-refractivity contribution in [1.29, 1.82) is 0 Å². The van der Waals surface area contributed by atoms with E-state index < -0.39 is 6.04 Å². The van der Waals surface area contributed by atoms with E-state index >= 15 is 0 Å². The number of rotatable bonds is 6. The van der Waals surface area contributed by atoms with Gasteiger partial charge < -0.3 is 15.8 Å². The lowest BCUT2D eigenvalue weighted by atomic mass is 9.99. The molecule has 1 heterocycles. The summed E-state index contributed by atoms with van der Waals surface area (Å²) in [6.45, 7) is 15.1. The Hall–Kier alpha value is -0.650. The zero-order chi connectivity index (χ0) is 16.2. The number of morpholine rings is 1. The first-order valence-corrected chi connectivity index (χ1v) is 8.05. The van der Waals surface area contributed by atoms with Crippen LogP contribution in [-0.2, 0) is 9.53 Å². The van der Waals surface area contributed by atoms with E-state index in [1.54, 1.807) is 0 Å². The molecule has 124 valence electrons. The lowest BCUT2D eigenvalue weighted by Gasteiger charge is -2.45. The third-order valence-electron chi connectivity index (χ3n) is 4.03. The summed E-state index contributed by atoms with van der Waals surface area (Å²) in [6, 6.07) is -0.414. The number of ether oxygens (including phenoxy) is 1. The van der Waals surface area contributed by atoms with Crippen LogP contribution in [0.15, 0.2) is 0 Å². The largest absolute Gasteiger partial charge is 0.373 e. The number of carbonyl (C=O) groups excluding carboxylic acids is 1. The number of nitrogens with one attached hydrogen (secondary N) is 1. The summed E-state index contributed by atoms with van der Waals surface area (Å²) >= 11 is 0. The van der Waals surface area contributed by atoms with E-state index in [2.05, 4.69) is 51.8 Å². The second-order valence-electron chi connectivity index (χ2n) is 7.43. The highest BCUT2D eigenvalue weighted by atomic mass is 16.5. The van der Waals surface area contributed by atoms with Gasteiger partial charge in [0.05, 0.1) is 18.2 Å². The first kappa shape index (κ1) is 18.4. The summed E-state index contributed by atoms with van der Waals surface area (Å²) in [7, 11) is 0. The Kier molecular flexibility index (Phi) is 6.63. The van der Waals surface area contributed by atoms with Gasteiger partial charge in [-0.15, -0.1) is 0 Å². The molecule has 1 saturated heterocycles. The van der Waals surface area contributed by atoms with E-state index in [1.165, 1.54) is 0 Å². The Bertz CT molecular complexity index is 334. The van der Waals surface area contributed by atoms with Gasteiger partial charge >= 0.3 is 0 Å². The molecule has 0 radical (unpaired) electrons. The standard InChI is InChI=1S/C16H33N3O2/c1-11(2)7-14(17)15(20)18-10-16(5,6)19-8-12(3)21-13(4)9-19/h11-14H,7-10,17H2,1-6H3,(H,18,20)/t12?,13?,14-/m0/s1. The zero-order valence-electron chi connectivity index (χ0n) is 14.5. The minimum absolute atomic E-state index is 0.0499. The van der Waals surface area contributed by atoms with Gasteiger partial charge in [0, 0.05) is 25.2 Å². The van der Waals surface area contributed by atoms with E-state index in [1.807, 2.05) is 0 Å². The minimum atomic E-state index is -0.414. The summed E-state index contributed by atoms with van der Waals surface area (Å²) in [5.41, 5.74) is 5.83. The van der Waals surface area contributed by atoms with E-state index in [0.717, 1.165) is 19.5 Å². The highest BCUT2D eigenvalue weighted by Gasteiger charge is 2.33. The van der Waals surface area contributed by atoms with Crippen LogP contribution >= 0.6 is 0 Å². The fourth-order valence-electron chi connectivity index (χ4n) is 2.83. The Morgan fingerprint density at radius 1 is 1.33 bits per heavy atom. The highest BCUT2D eigenvalue weighted by Crippen LogP contribution is 2.20. The van der Waals surface area contributed by atoms with Crippen molar-refractivity contribution in [2.24, 2.45) is 11.7 Å². The number of nitrogens with two attached hydrogens (primary N) is 1. The van der Waals surface area contributed by atoms with E-state index in [-0.39, 0.29) is 23.7 Å². The summed E-state index contributed by atoms with van der Waals surface area (Å²) in [5.74, 6) is 0.380. The summed E-state index contributed by atoms with van der Waals surface area (Å²) in [6.07, 6.45) is 1.18. The average molecular weight is 299 g/mol. The van der Waals surface area contributed by atoms with Gasteiger partial charge in [-0.1, -0.05) is 13.8 Å². The van der Waals surface area contributed by atoms with Gasteiger partial charge in [-0.3, -0.25) is 9.69 Å². The molecule has 0 aliphatic carbocycles. The average Bonchev–Trinajstić information content (AvgIpc) is 2.34. The van der Waals surface area contributed by atoms with Crippen LogP contribution in [0.1, 0.15) is 48.0 Å². The van der Waals surface area contributed by atoms with Gasteiger partial charge in [0.1, 0.15) is 0 Å². The molecule has 0 aromatic heterocycles. The molecule has 0 aromatic carbocycles. The normalized spacial score (nSPS) is 25.9. The number of nitrogens with zero attached hydrogens (tertiary/aromatic N) is 1. The smallest absolute Gasteiger partial charge is 0.236 e. The molecular formula is C16H33N3O2. The van der Waals surface area contributed by atoms with Crippen molar-refractivity contribution in [1.82, 2.24) is 10.2 Å². The van der Waals surface area contributed by atoms with Crippen LogP contribution in [0.4, 0.5) is 0 Å². The maximum absolute atomic E-state index is 12.1. The maximum Gasteiger partial charge on any atom is 0.236 e. The van der Waals surface area contributed by atoms with Gasteiger partial charge in [0.2, 0.25) is 5.91 Å². The molecule has 0 spiro atoms. The quantitative estimate of drug-likeness (QED) is 0.777. The molecule has 0 bridgehead atoms. The first-order chi connectivity index (χ1) is 9.61. The summed E-state index contributed by atoms with van der Waals surface area (Å²) < 4.78 is 5.77. The highest BCUT2D eigenvalue weighted by molar-refractivity contribution is 5.81. The maximum atomic E-state index is 12.1. The van der Waals surface area contributed by atoms with Gasteiger partial charge in [-0.05, 0) is 40.0 Å². The third kappa shape index (κ3) is 5.93. The second-order valence-corrected chi connectivity index (χ2v) is 7.43. The van der Waals surface area contributed by atoms with Crippen molar-refractivity contribution in [3.8, 4) is 0 Å². The van der Waals surface area contributed by atoms with Crippen LogP contribution in [0.2, 0.25) is 0 Å². The Labute approximate surface area is 129 Å². The fourth-order valence-corrected chi connectivity index (χ4v) is 2.83. The van der Waals surface area contributed by atoms with Crippen LogP contribution in [0.3, 0.4) is 0 Å². The van der Waals surface area contributed by atoms with Crippen molar-refractivity contribution >= 4 is 5.91 Å². The molecule has 1 aliphatic heterocycles. The van der Waals surface area contributed by atoms with Gasteiger partial charge in [-0.2, -0.15) is 0 Å². The Morgan fingerprint density at radius 3 is 2.33 bits per heavy atom. The van der Waals surface area contributed by atoms with Crippen molar-refractivity contribution in [3.63, 3.8) is 0 Å². The van der Waals surface area contributed by atoms with Crippen LogP contribution in [0.25, 0.3) is 0 Å². The summed E-state index contributed by atoms with van der Waals surface area (Å²) in [5, 5.41) is 3.01. The number of amides is 1. The predicted molar refractivity (Wildman–Crippen MR) is 86.1 cm³/mol. The zero-order valence-corrected chi connectivity index (χ0v) is 14.5. The molecular weight excluding hydrogens is 266 g/mol. The Balaban J connectivity index is 2.50. The number of hydrogen-bond donors (Lipinski definition) is 2.